The molecule has 0 aromatic carbocycles. The van der Waals surface area contributed by atoms with E-state index in [0.717, 1.165) is 17.0 Å². The number of pyridine rings is 1. The number of nitrogens with zero attached hydrogens (tertiary/aromatic N) is 3. The molecule has 4 heteroatoms. The fourth-order valence-corrected chi connectivity index (χ4v) is 1.91. The molecule has 4 nitrogen and oxygen atoms in total. The Labute approximate surface area is 101 Å². The van der Waals surface area contributed by atoms with Crippen molar-refractivity contribution in [2.75, 3.05) is 7.05 Å². The highest BCUT2D eigenvalue weighted by molar-refractivity contribution is 5.30. The largest absolute Gasteiger partial charge is 0.307 e. The average molecular weight is 228 g/mol. The highest BCUT2D eigenvalue weighted by Gasteiger charge is 2.16. The van der Waals surface area contributed by atoms with Crippen LogP contribution in [0.1, 0.15) is 28.6 Å². The lowest BCUT2D eigenvalue weighted by Gasteiger charge is -2.17. The van der Waals surface area contributed by atoms with Gasteiger partial charge in [0.2, 0.25) is 0 Å². The van der Waals surface area contributed by atoms with Crippen LogP contribution in [0.15, 0.2) is 30.9 Å². The minimum absolute atomic E-state index is 0.00991. The number of nitrogens with one attached hydrogen (secondary N) is 1. The quantitative estimate of drug-likeness (QED) is 0.870. The Morgan fingerprint density at radius 3 is 2.53 bits per heavy atom. The smallest absolute Gasteiger partial charge is 0.0941 e. The molecule has 0 bridgehead atoms. The van der Waals surface area contributed by atoms with Gasteiger partial charge in [0, 0.05) is 18.6 Å². The fourth-order valence-electron chi connectivity index (χ4n) is 1.91. The first kappa shape index (κ1) is 11.7. The molecule has 0 saturated heterocycles. The van der Waals surface area contributed by atoms with Gasteiger partial charge in [-0.25, -0.2) is 0 Å². The zero-order chi connectivity index (χ0) is 12.3. The van der Waals surface area contributed by atoms with E-state index in [0.29, 0.717) is 0 Å². The summed E-state index contributed by atoms with van der Waals surface area (Å²) in [6.45, 7) is 4.11. The van der Waals surface area contributed by atoms with Crippen LogP contribution in [0, 0.1) is 13.8 Å². The maximum atomic E-state index is 4.50. The average Bonchev–Trinajstić information content (AvgIpc) is 2.34. The number of hydrogen-bond donors (Lipinski definition) is 1. The Balaban J connectivity index is 2.42. The van der Waals surface area contributed by atoms with E-state index in [-0.39, 0.29) is 6.04 Å². The number of rotatable bonds is 3. The second kappa shape index (κ2) is 5.01. The van der Waals surface area contributed by atoms with Crippen LogP contribution in [0.3, 0.4) is 0 Å². The molecule has 0 radical (unpaired) electrons. The molecule has 2 aromatic rings. The summed E-state index contributed by atoms with van der Waals surface area (Å²) < 4.78 is 0. The van der Waals surface area contributed by atoms with Crippen LogP contribution < -0.4 is 5.32 Å². The van der Waals surface area contributed by atoms with Crippen LogP contribution in [0.25, 0.3) is 0 Å². The number of aromatic nitrogens is 3. The van der Waals surface area contributed by atoms with Crippen LogP contribution in [-0.4, -0.2) is 22.0 Å². The summed E-state index contributed by atoms with van der Waals surface area (Å²) in [5.41, 5.74) is 4.21. The van der Waals surface area contributed by atoms with Gasteiger partial charge in [-0.05, 0) is 32.0 Å². The molecule has 0 saturated carbocycles. The molecule has 88 valence electrons. The van der Waals surface area contributed by atoms with Crippen molar-refractivity contribution in [1.82, 2.24) is 20.3 Å². The lowest BCUT2D eigenvalue weighted by atomic mass is 10.0. The third-order valence-corrected chi connectivity index (χ3v) is 2.70. The molecule has 0 amide bonds. The minimum atomic E-state index is -0.00991. The molecule has 0 spiro atoms. The van der Waals surface area contributed by atoms with Crippen molar-refractivity contribution in [1.29, 1.82) is 0 Å². The molecule has 0 aliphatic carbocycles. The van der Waals surface area contributed by atoms with Gasteiger partial charge in [0.25, 0.3) is 0 Å². The van der Waals surface area contributed by atoms with Gasteiger partial charge in [0.15, 0.2) is 0 Å². The molecule has 17 heavy (non-hydrogen) atoms. The highest BCUT2D eigenvalue weighted by Crippen LogP contribution is 2.20. The van der Waals surface area contributed by atoms with Crippen molar-refractivity contribution in [3.63, 3.8) is 0 Å². The van der Waals surface area contributed by atoms with E-state index >= 15 is 0 Å². The Hall–Kier alpha value is -1.81. The Kier molecular flexibility index (Phi) is 3.44. The van der Waals surface area contributed by atoms with Crippen molar-refractivity contribution in [2.24, 2.45) is 0 Å². The van der Waals surface area contributed by atoms with Crippen LogP contribution in [0.5, 0.6) is 0 Å². The van der Waals surface area contributed by atoms with Crippen molar-refractivity contribution in [3.8, 4) is 0 Å². The predicted octanol–water partition coefficient (Wildman–Crippen LogP) is 1.80. The van der Waals surface area contributed by atoms with Crippen LogP contribution in [-0.2, 0) is 0 Å². The van der Waals surface area contributed by atoms with Gasteiger partial charge in [-0.2, -0.15) is 0 Å². The first-order valence-corrected chi connectivity index (χ1v) is 5.58. The summed E-state index contributed by atoms with van der Waals surface area (Å²) in [7, 11) is 1.90. The van der Waals surface area contributed by atoms with Crippen molar-refractivity contribution in [3.05, 3.63) is 53.4 Å². The molecule has 0 aliphatic heterocycles. The molecule has 2 heterocycles. The molecule has 1 atom stereocenters. The molecule has 2 rings (SSSR count). The third-order valence-electron chi connectivity index (χ3n) is 2.70. The molecular weight excluding hydrogens is 212 g/mol. The van der Waals surface area contributed by atoms with Crippen molar-refractivity contribution in [2.45, 2.75) is 19.9 Å². The van der Waals surface area contributed by atoms with Gasteiger partial charge in [0.05, 0.1) is 23.6 Å². The standard InChI is InChI=1S/C13H16N4/c1-9-6-10(2)12(17-7-9)13(14-3)11-8-15-4-5-16-11/h4-8,13-14H,1-3H3. The number of aryl methyl sites for hydroxylation is 2. The van der Waals surface area contributed by atoms with E-state index in [1.54, 1.807) is 18.6 Å². The van der Waals surface area contributed by atoms with Crippen LogP contribution in [0.4, 0.5) is 0 Å². The lowest BCUT2D eigenvalue weighted by Crippen LogP contribution is -2.21. The van der Waals surface area contributed by atoms with E-state index < -0.39 is 0 Å². The van der Waals surface area contributed by atoms with E-state index in [9.17, 15) is 0 Å². The predicted molar refractivity (Wildman–Crippen MR) is 66.6 cm³/mol. The second-order valence-corrected chi connectivity index (χ2v) is 4.07. The Bertz CT molecular complexity index is 496. The zero-order valence-electron chi connectivity index (χ0n) is 10.3. The third kappa shape index (κ3) is 2.47. The summed E-state index contributed by atoms with van der Waals surface area (Å²) in [5.74, 6) is 0. The van der Waals surface area contributed by atoms with Crippen molar-refractivity contribution < 1.29 is 0 Å². The van der Waals surface area contributed by atoms with Gasteiger partial charge in [0.1, 0.15) is 0 Å². The van der Waals surface area contributed by atoms with E-state index in [4.69, 9.17) is 0 Å². The maximum Gasteiger partial charge on any atom is 0.0941 e. The summed E-state index contributed by atoms with van der Waals surface area (Å²) in [5, 5.41) is 3.23. The molecule has 1 unspecified atom stereocenters. The van der Waals surface area contributed by atoms with Crippen molar-refractivity contribution >= 4 is 0 Å². The maximum absolute atomic E-state index is 4.50. The van der Waals surface area contributed by atoms with Gasteiger partial charge in [-0.15, -0.1) is 0 Å². The number of hydrogen-bond acceptors (Lipinski definition) is 4. The van der Waals surface area contributed by atoms with E-state index in [2.05, 4.69) is 33.3 Å². The lowest BCUT2D eigenvalue weighted by molar-refractivity contribution is 0.643. The first-order valence-electron chi connectivity index (χ1n) is 5.58. The van der Waals surface area contributed by atoms with Crippen LogP contribution >= 0.6 is 0 Å². The minimum Gasteiger partial charge on any atom is -0.307 e. The second-order valence-electron chi connectivity index (χ2n) is 4.07. The summed E-state index contributed by atoms with van der Waals surface area (Å²) >= 11 is 0. The van der Waals surface area contributed by atoms with E-state index in [1.807, 2.05) is 20.2 Å². The normalized spacial score (nSPS) is 12.4. The van der Waals surface area contributed by atoms with Crippen LogP contribution in [0.2, 0.25) is 0 Å². The van der Waals surface area contributed by atoms with E-state index in [1.165, 1.54) is 5.56 Å². The highest BCUT2D eigenvalue weighted by atomic mass is 15.0. The fraction of sp³-hybridized carbons (Fsp3) is 0.308. The zero-order valence-corrected chi connectivity index (χ0v) is 10.3. The Morgan fingerprint density at radius 2 is 1.94 bits per heavy atom. The van der Waals surface area contributed by atoms with Gasteiger partial charge < -0.3 is 5.32 Å². The SMILES string of the molecule is CNC(c1cnccn1)c1ncc(C)cc1C. The van der Waals surface area contributed by atoms with Gasteiger partial charge in [-0.3, -0.25) is 15.0 Å². The molecule has 1 N–H and O–H groups in total. The molecule has 0 fully saturated rings. The molecular formula is C13H16N4. The topological polar surface area (TPSA) is 50.7 Å². The summed E-state index contributed by atoms with van der Waals surface area (Å²) in [6, 6.07) is 2.12. The molecule has 0 aliphatic rings. The Morgan fingerprint density at radius 1 is 1.12 bits per heavy atom. The summed E-state index contributed by atoms with van der Waals surface area (Å²) in [4.78, 5) is 12.9. The monoisotopic (exact) mass is 228 g/mol. The first-order chi connectivity index (χ1) is 8.22. The molecule has 2 aromatic heterocycles. The summed E-state index contributed by atoms with van der Waals surface area (Å²) in [6.07, 6.45) is 7.01. The van der Waals surface area contributed by atoms with Gasteiger partial charge >= 0.3 is 0 Å². The van der Waals surface area contributed by atoms with Gasteiger partial charge in [-0.1, -0.05) is 6.07 Å².